The molecule has 0 amide bonds. The molecular formula is C26H31N5O2. The minimum Gasteiger partial charge on any atom is -0.497 e. The Morgan fingerprint density at radius 3 is 2.42 bits per heavy atom. The molecule has 0 bridgehead atoms. The third-order valence-electron chi connectivity index (χ3n) is 6.57. The molecule has 172 valence electrons. The second-order valence-electron chi connectivity index (χ2n) is 9.79. The van der Waals surface area contributed by atoms with E-state index in [9.17, 15) is 0 Å². The molecule has 7 nitrogen and oxygen atoms in total. The van der Waals surface area contributed by atoms with Crippen molar-refractivity contribution < 1.29 is 9.15 Å². The predicted molar refractivity (Wildman–Crippen MR) is 127 cm³/mol. The molecule has 1 saturated heterocycles. The van der Waals surface area contributed by atoms with Gasteiger partial charge in [0.05, 0.1) is 12.6 Å². The van der Waals surface area contributed by atoms with E-state index in [-0.39, 0.29) is 11.6 Å². The highest BCUT2D eigenvalue weighted by Gasteiger charge is 2.35. The van der Waals surface area contributed by atoms with Crippen molar-refractivity contribution in [3.8, 4) is 5.75 Å². The van der Waals surface area contributed by atoms with Crippen LogP contribution in [-0.2, 0) is 5.54 Å². The molecule has 0 aliphatic carbocycles. The Balaban J connectivity index is 1.46. The quantitative estimate of drug-likeness (QED) is 0.423. The number of fused-ring (bicyclic) bond motifs is 1. The molecule has 3 heterocycles. The van der Waals surface area contributed by atoms with E-state index in [4.69, 9.17) is 9.15 Å². The van der Waals surface area contributed by atoms with E-state index < -0.39 is 0 Å². The van der Waals surface area contributed by atoms with E-state index in [0.29, 0.717) is 5.92 Å². The molecule has 2 aromatic carbocycles. The largest absolute Gasteiger partial charge is 0.497 e. The first-order valence-corrected chi connectivity index (χ1v) is 11.6. The number of furan rings is 1. The van der Waals surface area contributed by atoms with E-state index in [0.717, 1.165) is 54.2 Å². The maximum absolute atomic E-state index is 6.35. The summed E-state index contributed by atoms with van der Waals surface area (Å²) in [5, 5.41) is 14.0. The van der Waals surface area contributed by atoms with Crippen molar-refractivity contribution in [1.82, 2.24) is 25.1 Å². The van der Waals surface area contributed by atoms with Gasteiger partial charge in [0.2, 0.25) is 0 Å². The molecule has 1 atom stereocenters. The fourth-order valence-corrected chi connectivity index (χ4v) is 4.82. The van der Waals surface area contributed by atoms with Crippen molar-refractivity contribution >= 4 is 11.0 Å². The maximum atomic E-state index is 6.35. The molecular weight excluding hydrogens is 414 g/mol. The maximum Gasteiger partial charge on any atom is 0.176 e. The van der Waals surface area contributed by atoms with Gasteiger partial charge in [-0.2, -0.15) is 0 Å². The third-order valence-corrected chi connectivity index (χ3v) is 6.57. The number of aromatic nitrogens is 4. The van der Waals surface area contributed by atoms with E-state index >= 15 is 0 Å². The Morgan fingerprint density at radius 2 is 1.76 bits per heavy atom. The molecule has 1 aliphatic rings. The summed E-state index contributed by atoms with van der Waals surface area (Å²) in [6.45, 7) is 8.25. The zero-order chi connectivity index (χ0) is 23.0. The van der Waals surface area contributed by atoms with Crippen LogP contribution in [0.15, 0.2) is 59.0 Å². The summed E-state index contributed by atoms with van der Waals surface area (Å²) in [6.07, 6.45) is 2.14. The zero-order valence-electron chi connectivity index (χ0n) is 19.7. The van der Waals surface area contributed by atoms with Gasteiger partial charge in [-0.1, -0.05) is 30.3 Å². The number of benzene rings is 2. The van der Waals surface area contributed by atoms with Gasteiger partial charge in [0.1, 0.15) is 23.1 Å². The zero-order valence-corrected chi connectivity index (χ0v) is 19.7. The molecule has 2 aromatic heterocycles. The Bertz CT molecular complexity index is 1180. The number of tetrazole rings is 1. The summed E-state index contributed by atoms with van der Waals surface area (Å²) in [7, 11) is 1.71. The average molecular weight is 446 g/mol. The van der Waals surface area contributed by atoms with E-state index in [1.165, 1.54) is 5.56 Å². The second-order valence-corrected chi connectivity index (χ2v) is 9.79. The van der Waals surface area contributed by atoms with Crippen LogP contribution in [0.3, 0.4) is 0 Å². The molecule has 0 saturated carbocycles. The summed E-state index contributed by atoms with van der Waals surface area (Å²) in [5.74, 6) is 3.14. The van der Waals surface area contributed by atoms with Crippen molar-refractivity contribution in [2.75, 3.05) is 20.2 Å². The highest BCUT2D eigenvalue weighted by molar-refractivity contribution is 5.77. The molecule has 1 unspecified atom stereocenters. The van der Waals surface area contributed by atoms with Crippen LogP contribution in [0.25, 0.3) is 11.0 Å². The fourth-order valence-electron chi connectivity index (χ4n) is 4.82. The van der Waals surface area contributed by atoms with Gasteiger partial charge >= 0.3 is 0 Å². The summed E-state index contributed by atoms with van der Waals surface area (Å²) in [4.78, 5) is 2.46. The summed E-state index contributed by atoms with van der Waals surface area (Å²) < 4.78 is 13.6. The number of hydrogen-bond acceptors (Lipinski definition) is 6. The summed E-state index contributed by atoms with van der Waals surface area (Å²) >= 11 is 0. The predicted octanol–water partition coefficient (Wildman–Crippen LogP) is 5.15. The van der Waals surface area contributed by atoms with Crippen molar-refractivity contribution in [3.63, 3.8) is 0 Å². The lowest BCUT2D eigenvalue weighted by Gasteiger charge is -2.37. The highest BCUT2D eigenvalue weighted by atomic mass is 16.5. The first kappa shape index (κ1) is 21.6. The normalized spacial score (nSPS) is 16.8. The van der Waals surface area contributed by atoms with Gasteiger partial charge in [0.25, 0.3) is 0 Å². The molecule has 0 N–H and O–H groups in total. The number of ether oxygens (including phenoxy) is 1. The molecule has 5 rings (SSSR count). The van der Waals surface area contributed by atoms with Gasteiger partial charge in [-0.25, -0.2) is 4.68 Å². The Labute approximate surface area is 194 Å². The van der Waals surface area contributed by atoms with Gasteiger partial charge < -0.3 is 9.15 Å². The van der Waals surface area contributed by atoms with Crippen LogP contribution in [0.2, 0.25) is 0 Å². The van der Waals surface area contributed by atoms with Crippen molar-refractivity contribution in [2.45, 2.75) is 51.1 Å². The molecule has 1 aliphatic heterocycles. The van der Waals surface area contributed by atoms with Crippen molar-refractivity contribution in [1.29, 1.82) is 0 Å². The number of nitrogens with zero attached hydrogens (tertiary/aromatic N) is 5. The Morgan fingerprint density at radius 1 is 1.03 bits per heavy atom. The monoisotopic (exact) mass is 445 g/mol. The number of likely N-dealkylation sites (tertiary alicyclic amines) is 1. The van der Waals surface area contributed by atoms with E-state index in [1.807, 2.05) is 22.9 Å². The van der Waals surface area contributed by atoms with Crippen LogP contribution in [-0.4, -0.2) is 45.3 Å². The average Bonchev–Trinajstić information content (AvgIpc) is 3.47. The van der Waals surface area contributed by atoms with Crippen LogP contribution < -0.4 is 4.74 Å². The summed E-state index contributed by atoms with van der Waals surface area (Å²) in [5.41, 5.74) is 2.03. The molecule has 4 aromatic rings. The van der Waals surface area contributed by atoms with Gasteiger partial charge in [0.15, 0.2) is 5.82 Å². The second kappa shape index (κ2) is 8.63. The van der Waals surface area contributed by atoms with Gasteiger partial charge in [0, 0.05) is 5.39 Å². The van der Waals surface area contributed by atoms with Gasteiger partial charge in [-0.05, 0) is 92.9 Å². The number of hydrogen-bond donors (Lipinski definition) is 0. The summed E-state index contributed by atoms with van der Waals surface area (Å²) in [6, 6.07) is 18.6. The molecule has 7 heteroatoms. The lowest BCUT2D eigenvalue weighted by molar-refractivity contribution is 0.145. The standard InChI is InChI=1S/C26H31N5O2/c1-26(2,3)31-25(27-28-29-31)24(23-17-20-7-5-6-8-22(20)33-23)30-15-13-19(14-16-30)18-9-11-21(32-4)12-10-18/h5-12,17,19,24H,13-16H2,1-4H3. The lowest BCUT2D eigenvalue weighted by Crippen LogP contribution is -2.39. The van der Waals surface area contributed by atoms with Crippen LogP contribution in [0.4, 0.5) is 0 Å². The molecule has 0 spiro atoms. The van der Waals surface area contributed by atoms with Gasteiger partial charge in [-0.15, -0.1) is 5.10 Å². The van der Waals surface area contributed by atoms with Crippen LogP contribution in [0.1, 0.15) is 62.7 Å². The lowest BCUT2D eigenvalue weighted by atomic mass is 9.88. The topological polar surface area (TPSA) is 69.2 Å². The number of piperidine rings is 1. The van der Waals surface area contributed by atoms with Crippen molar-refractivity contribution in [2.24, 2.45) is 0 Å². The Hall–Kier alpha value is -3.19. The first-order valence-electron chi connectivity index (χ1n) is 11.6. The van der Waals surface area contributed by atoms with E-state index in [2.05, 4.69) is 77.6 Å². The van der Waals surface area contributed by atoms with Crippen LogP contribution >= 0.6 is 0 Å². The van der Waals surface area contributed by atoms with E-state index in [1.54, 1.807) is 7.11 Å². The number of methoxy groups -OCH3 is 1. The highest BCUT2D eigenvalue weighted by Crippen LogP contribution is 2.38. The fraction of sp³-hybridized carbons (Fsp3) is 0.423. The molecule has 1 fully saturated rings. The molecule has 33 heavy (non-hydrogen) atoms. The van der Waals surface area contributed by atoms with Crippen LogP contribution in [0.5, 0.6) is 5.75 Å². The minimum atomic E-state index is -0.232. The smallest absolute Gasteiger partial charge is 0.176 e. The number of para-hydroxylation sites is 1. The van der Waals surface area contributed by atoms with Crippen LogP contribution in [0, 0.1) is 0 Å². The third kappa shape index (κ3) is 4.25. The SMILES string of the molecule is COc1ccc(C2CCN(C(c3cc4ccccc4o3)c3nnnn3C(C)(C)C)CC2)cc1. The Kier molecular flexibility index (Phi) is 5.66. The molecule has 0 radical (unpaired) electrons. The first-order chi connectivity index (χ1) is 15.9. The van der Waals surface area contributed by atoms with Crippen molar-refractivity contribution in [3.05, 3.63) is 71.7 Å². The minimum absolute atomic E-state index is 0.136. The number of rotatable bonds is 5. The van der Waals surface area contributed by atoms with Gasteiger partial charge in [-0.3, -0.25) is 4.90 Å².